The lowest BCUT2D eigenvalue weighted by atomic mass is 10.1. The first kappa shape index (κ1) is 15.3. The Kier molecular flexibility index (Phi) is 4.20. The monoisotopic (exact) mass is 324 g/mol. The number of halogens is 1. The Morgan fingerprint density at radius 3 is 2.43 bits per heavy atom. The summed E-state index contributed by atoms with van der Waals surface area (Å²) < 4.78 is 24.6. The molecule has 0 aliphatic heterocycles. The molecule has 7 heteroatoms. The van der Waals surface area contributed by atoms with Gasteiger partial charge in [0, 0.05) is 16.3 Å². The molecular formula is C14H13ClN2O3S. The maximum atomic E-state index is 12.3. The van der Waals surface area contributed by atoms with Gasteiger partial charge in [-0.3, -0.25) is 4.79 Å². The summed E-state index contributed by atoms with van der Waals surface area (Å²) in [6.45, 7) is 0. The molecule has 2 rings (SSSR count). The highest BCUT2D eigenvalue weighted by Crippen LogP contribution is 2.23. The van der Waals surface area contributed by atoms with E-state index in [1.165, 1.54) is 30.3 Å². The zero-order valence-corrected chi connectivity index (χ0v) is 12.5. The van der Waals surface area contributed by atoms with Gasteiger partial charge >= 0.3 is 0 Å². The average molecular weight is 325 g/mol. The molecule has 2 aromatic carbocycles. The van der Waals surface area contributed by atoms with Gasteiger partial charge in [0.1, 0.15) is 0 Å². The standard InChI is InChI=1S/C14H13ClN2O3S/c15-11-2-1-3-12(7-11)21(19,20)8-10-5-4-9(14(17)18)6-13(10)16/h1-7H,8,16H2,(H2,17,18). The maximum absolute atomic E-state index is 12.3. The molecule has 0 aliphatic rings. The van der Waals surface area contributed by atoms with Crippen molar-refractivity contribution in [1.82, 2.24) is 0 Å². The van der Waals surface area contributed by atoms with Crippen LogP contribution in [0.3, 0.4) is 0 Å². The highest BCUT2D eigenvalue weighted by molar-refractivity contribution is 7.90. The van der Waals surface area contributed by atoms with E-state index >= 15 is 0 Å². The van der Waals surface area contributed by atoms with E-state index in [0.717, 1.165) is 0 Å². The van der Waals surface area contributed by atoms with Crippen LogP contribution in [-0.2, 0) is 15.6 Å². The molecule has 1 amide bonds. The lowest BCUT2D eigenvalue weighted by Crippen LogP contribution is -2.12. The molecule has 0 spiro atoms. The molecule has 0 radical (unpaired) electrons. The first-order valence-corrected chi connectivity index (χ1v) is 7.99. The van der Waals surface area contributed by atoms with Crippen molar-refractivity contribution < 1.29 is 13.2 Å². The Balaban J connectivity index is 2.35. The summed E-state index contributed by atoms with van der Waals surface area (Å²) >= 11 is 5.80. The first-order valence-electron chi connectivity index (χ1n) is 5.96. The number of benzene rings is 2. The lowest BCUT2D eigenvalue weighted by molar-refractivity contribution is 0.100. The molecule has 2 aromatic rings. The second-order valence-corrected chi connectivity index (χ2v) is 6.92. The SMILES string of the molecule is NC(=O)c1ccc(CS(=O)(=O)c2cccc(Cl)c2)c(N)c1. The largest absolute Gasteiger partial charge is 0.398 e. The third-order valence-electron chi connectivity index (χ3n) is 2.93. The molecule has 4 N–H and O–H groups in total. The minimum atomic E-state index is -3.57. The number of amides is 1. The van der Waals surface area contributed by atoms with E-state index in [9.17, 15) is 13.2 Å². The number of hydrogen-bond acceptors (Lipinski definition) is 4. The van der Waals surface area contributed by atoms with Crippen LogP contribution in [0, 0.1) is 0 Å². The van der Waals surface area contributed by atoms with E-state index in [2.05, 4.69) is 0 Å². The van der Waals surface area contributed by atoms with Crippen LogP contribution in [0.2, 0.25) is 5.02 Å². The van der Waals surface area contributed by atoms with Gasteiger partial charge in [-0.1, -0.05) is 23.7 Å². The summed E-state index contributed by atoms with van der Waals surface area (Å²) in [5.41, 5.74) is 11.8. The number of hydrogen-bond donors (Lipinski definition) is 2. The number of rotatable bonds is 4. The maximum Gasteiger partial charge on any atom is 0.248 e. The van der Waals surface area contributed by atoms with Crippen molar-refractivity contribution in [3.8, 4) is 0 Å². The molecule has 21 heavy (non-hydrogen) atoms. The number of carbonyl (C=O) groups is 1. The van der Waals surface area contributed by atoms with Crippen molar-refractivity contribution in [2.75, 3.05) is 5.73 Å². The van der Waals surface area contributed by atoms with Crippen LogP contribution in [0.5, 0.6) is 0 Å². The second kappa shape index (κ2) is 5.75. The predicted molar refractivity (Wildman–Crippen MR) is 81.7 cm³/mol. The zero-order valence-electron chi connectivity index (χ0n) is 10.9. The molecule has 0 bridgehead atoms. The molecule has 0 unspecified atom stereocenters. The van der Waals surface area contributed by atoms with Crippen LogP contribution in [0.15, 0.2) is 47.4 Å². The molecule has 0 saturated heterocycles. The third-order valence-corrected chi connectivity index (χ3v) is 4.83. The van der Waals surface area contributed by atoms with Crippen molar-refractivity contribution in [3.05, 3.63) is 58.6 Å². The van der Waals surface area contributed by atoms with Crippen molar-refractivity contribution >= 4 is 33.0 Å². The number of carbonyl (C=O) groups excluding carboxylic acids is 1. The summed E-state index contributed by atoms with van der Waals surface area (Å²) in [6, 6.07) is 10.3. The van der Waals surface area contributed by atoms with Gasteiger partial charge in [-0.2, -0.15) is 0 Å². The van der Waals surface area contributed by atoms with E-state index in [-0.39, 0.29) is 21.9 Å². The minimum Gasteiger partial charge on any atom is -0.398 e. The van der Waals surface area contributed by atoms with Gasteiger partial charge in [-0.05, 0) is 35.9 Å². The summed E-state index contributed by atoms with van der Waals surface area (Å²) in [4.78, 5) is 11.2. The first-order chi connectivity index (χ1) is 9.79. The molecule has 0 atom stereocenters. The highest BCUT2D eigenvalue weighted by atomic mass is 35.5. The smallest absolute Gasteiger partial charge is 0.248 e. The van der Waals surface area contributed by atoms with Crippen molar-refractivity contribution in [2.24, 2.45) is 5.73 Å². The van der Waals surface area contributed by atoms with Gasteiger partial charge in [-0.25, -0.2) is 8.42 Å². The number of anilines is 1. The fourth-order valence-electron chi connectivity index (χ4n) is 1.83. The van der Waals surface area contributed by atoms with Crippen LogP contribution < -0.4 is 11.5 Å². The quantitative estimate of drug-likeness (QED) is 0.839. The Hall–Kier alpha value is -2.05. The molecule has 0 saturated carbocycles. The Morgan fingerprint density at radius 1 is 1.14 bits per heavy atom. The number of nitrogen functional groups attached to an aromatic ring is 1. The average Bonchev–Trinajstić information content (AvgIpc) is 2.40. The van der Waals surface area contributed by atoms with E-state index in [0.29, 0.717) is 10.6 Å². The van der Waals surface area contributed by atoms with E-state index in [1.807, 2.05) is 0 Å². The second-order valence-electron chi connectivity index (χ2n) is 4.49. The van der Waals surface area contributed by atoms with E-state index in [4.69, 9.17) is 23.1 Å². The van der Waals surface area contributed by atoms with Gasteiger partial charge in [0.05, 0.1) is 10.6 Å². The predicted octanol–water partition coefficient (Wildman–Crippen LogP) is 2.00. The summed E-state index contributed by atoms with van der Waals surface area (Å²) in [7, 11) is -3.57. The van der Waals surface area contributed by atoms with Crippen molar-refractivity contribution in [2.45, 2.75) is 10.6 Å². The summed E-state index contributed by atoms with van der Waals surface area (Å²) in [6.07, 6.45) is 0. The van der Waals surface area contributed by atoms with Crippen LogP contribution in [0.4, 0.5) is 5.69 Å². The van der Waals surface area contributed by atoms with Crippen molar-refractivity contribution in [1.29, 1.82) is 0 Å². The van der Waals surface area contributed by atoms with Gasteiger partial charge < -0.3 is 11.5 Å². The summed E-state index contributed by atoms with van der Waals surface area (Å²) in [5, 5.41) is 0.341. The fourth-order valence-corrected chi connectivity index (χ4v) is 3.51. The van der Waals surface area contributed by atoms with Gasteiger partial charge in [0.25, 0.3) is 0 Å². The topological polar surface area (TPSA) is 103 Å². The van der Waals surface area contributed by atoms with Gasteiger partial charge in [0.2, 0.25) is 5.91 Å². The fraction of sp³-hybridized carbons (Fsp3) is 0.0714. The number of nitrogens with two attached hydrogens (primary N) is 2. The molecule has 110 valence electrons. The van der Waals surface area contributed by atoms with Crippen LogP contribution >= 0.6 is 11.6 Å². The van der Waals surface area contributed by atoms with Gasteiger partial charge in [-0.15, -0.1) is 0 Å². The van der Waals surface area contributed by atoms with Crippen LogP contribution in [0.25, 0.3) is 0 Å². The lowest BCUT2D eigenvalue weighted by Gasteiger charge is -2.08. The normalized spacial score (nSPS) is 11.3. The van der Waals surface area contributed by atoms with Crippen LogP contribution in [-0.4, -0.2) is 14.3 Å². The Bertz CT molecular complexity index is 804. The summed E-state index contributed by atoms with van der Waals surface area (Å²) in [5.74, 6) is -0.899. The molecule has 5 nitrogen and oxygen atoms in total. The Morgan fingerprint density at radius 2 is 1.86 bits per heavy atom. The number of primary amides is 1. The third kappa shape index (κ3) is 3.53. The molecule has 0 aromatic heterocycles. The molecule has 0 aliphatic carbocycles. The zero-order chi connectivity index (χ0) is 15.6. The van der Waals surface area contributed by atoms with E-state index in [1.54, 1.807) is 12.1 Å². The molecule has 0 heterocycles. The molecular weight excluding hydrogens is 312 g/mol. The minimum absolute atomic E-state index is 0.119. The Labute approximate surface area is 127 Å². The highest BCUT2D eigenvalue weighted by Gasteiger charge is 2.17. The van der Waals surface area contributed by atoms with Gasteiger partial charge in [0.15, 0.2) is 9.84 Å². The van der Waals surface area contributed by atoms with E-state index < -0.39 is 15.7 Å². The number of sulfone groups is 1. The molecule has 0 fully saturated rings. The van der Waals surface area contributed by atoms with Crippen LogP contribution in [0.1, 0.15) is 15.9 Å². The van der Waals surface area contributed by atoms with Crippen molar-refractivity contribution in [3.63, 3.8) is 0 Å².